The van der Waals surface area contributed by atoms with Crippen molar-refractivity contribution < 1.29 is 9.90 Å². The summed E-state index contributed by atoms with van der Waals surface area (Å²) in [6.07, 6.45) is 1.77. The highest BCUT2D eigenvalue weighted by Gasteiger charge is 2.21. The Hall–Kier alpha value is -2.17. The normalized spacial score (nSPS) is 12.3. The summed E-state index contributed by atoms with van der Waals surface area (Å²) in [4.78, 5) is 15.3. The maximum absolute atomic E-state index is 11.3. The maximum atomic E-state index is 11.3. The standard InChI is InChI=1S/C12H13N3O2/c1-15-11(13-8-14-15)7-10(12(16)17)9-5-3-2-4-6-9/h2-6,8,10H,7H2,1H3,(H,16,17). The van der Waals surface area contributed by atoms with Crippen LogP contribution in [-0.4, -0.2) is 25.8 Å². The van der Waals surface area contributed by atoms with Crippen LogP contribution in [0.25, 0.3) is 0 Å². The second-order valence-electron chi connectivity index (χ2n) is 3.81. The number of benzene rings is 1. The molecular weight excluding hydrogens is 218 g/mol. The number of carbonyl (C=O) groups is 1. The van der Waals surface area contributed by atoms with Crippen molar-refractivity contribution in [2.24, 2.45) is 7.05 Å². The van der Waals surface area contributed by atoms with E-state index in [1.54, 1.807) is 11.7 Å². The monoisotopic (exact) mass is 231 g/mol. The molecule has 1 aromatic heterocycles. The molecule has 0 saturated heterocycles. The van der Waals surface area contributed by atoms with E-state index in [0.717, 1.165) is 5.56 Å². The lowest BCUT2D eigenvalue weighted by Crippen LogP contribution is -2.16. The summed E-state index contributed by atoms with van der Waals surface area (Å²) in [6, 6.07) is 9.17. The molecule has 0 amide bonds. The summed E-state index contributed by atoms with van der Waals surface area (Å²) in [5.41, 5.74) is 0.781. The molecule has 5 heteroatoms. The van der Waals surface area contributed by atoms with Crippen LogP contribution in [0.1, 0.15) is 17.3 Å². The van der Waals surface area contributed by atoms with Gasteiger partial charge in [0.25, 0.3) is 0 Å². The molecule has 2 aromatic rings. The topological polar surface area (TPSA) is 68.0 Å². The first-order chi connectivity index (χ1) is 8.18. The molecule has 0 spiro atoms. The maximum Gasteiger partial charge on any atom is 0.311 e. The zero-order valence-electron chi connectivity index (χ0n) is 9.45. The third-order valence-electron chi connectivity index (χ3n) is 2.69. The SMILES string of the molecule is Cn1ncnc1CC(C(=O)O)c1ccccc1. The Morgan fingerprint density at radius 3 is 2.65 bits per heavy atom. The van der Waals surface area contributed by atoms with Crippen molar-refractivity contribution in [3.63, 3.8) is 0 Å². The van der Waals surface area contributed by atoms with Crippen LogP contribution in [0.3, 0.4) is 0 Å². The van der Waals surface area contributed by atoms with E-state index in [1.165, 1.54) is 6.33 Å². The van der Waals surface area contributed by atoms with Crippen molar-refractivity contribution >= 4 is 5.97 Å². The van der Waals surface area contributed by atoms with E-state index in [0.29, 0.717) is 12.2 Å². The minimum Gasteiger partial charge on any atom is -0.481 e. The number of carboxylic acids is 1. The molecule has 0 fully saturated rings. The highest BCUT2D eigenvalue weighted by atomic mass is 16.4. The van der Waals surface area contributed by atoms with E-state index in [1.807, 2.05) is 30.3 Å². The average molecular weight is 231 g/mol. The van der Waals surface area contributed by atoms with Gasteiger partial charge in [-0.15, -0.1) is 0 Å². The van der Waals surface area contributed by atoms with Gasteiger partial charge in [-0.2, -0.15) is 5.10 Å². The largest absolute Gasteiger partial charge is 0.481 e. The quantitative estimate of drug-likeness (QED) is 0.859. The molecule has 5 nitrogen and oxygen atoms in total. The Morgan fingerprint density at radius 2 is 2.12 bits per heavy atom. The van der Waals surface area contributed by atoms with E-state index >= 15 is 0 Å². The fraction of sp³-hybridized carbons (Fsp3) is 0.250. The van der Waals surface area contributed by atoms with Crippen LogP contribution in [-0.2, 0) is 18.3 Å². The van der Waals surface area contributed by atoms with E-state index in [2.05, 4.69) is 10.1 Å². The highest BCUT2D eigenvalue weighted by molar-refractivity contribution is 5.76. The van der Waals surface area contributed by atoms with Gasteiger partial charge < -0.3 is 5.11 Å². The number of rotatable bonds is 4. The smallest absolute Gasteiger partial charge is 0.311 e. The molecule has 0 aliphatic heterocycles. The van der Waals surface area contributed by atoms with Crippen LogP contribution in [0.2, 0.25) is 0 Å². The summed E-state index contributed by atoms with van der Waals surface area (Å²) >= 11 is 0. The van der Waals surface area contributed by atoms with Crippen molar-refractivity contribution in [2.75, 3.05) is 0 Å². The number of aromatic nitrogens is 3. The van der Waals surface area contributed by atoms with Gasteiger partial charge in [-0.05, 0) is 5.56 Å². The molecule has 1 aromatic carbocycles. The van der Waals surface area contributed by atoms with Crippen LogP contribution >= 0.6 is 0 Å². The highest BCUT2D eigenvalue weighted by Crippen LogP contribution is 2.19. The minimum absolute atomic E-state index is 0.343. The average Bonchev–Trinajstić information content (AvgIpc) is 2.72. The molecule has 17 heavy (non-hydrogen) atoms. The molecule has 1 heterocycles. The first-order valence-electron chi connectivity index (χ1n) is 5.29. The number of hydrogen-bond acceptors (Lipinski definition) is 3. The molecule has 0 bridgehead atoms. The van der Waals surface area contributed by atoms with Gasteiger partial charge in [-0.25, -0.2) is 4.98 Å². The number of hydrogen-bond donors (Lipinski definition) is 1. The summed E-state index contributed by atoms with van der Waals surface area (Å²) in [7, 11) is 1.76. The van der Waals surface area contributed by atoms with Crippen molar-refractivity contribution in [3.8, 4) is 0 Å². The van der Waals surface area contributed by atoms with Gasteiger partial charge in [-0.1, -0.05) is 30.3 Å². The van der Waals surface area contributed by atoms with Crippen LogP contribution < -0.4 is 0 Å². The van der Waals surface area contributed by atoms with Gasteiger partial charge in [-0.3, -0.25) is 9.48 Å². The second-order valence-corrected chi connectivity index (χ2v) is 3.81. The lowest BCUT2D eigenvalue weighted by molar-refractivity contribution is -0.138. The van der Waals surface area contributed by atoms with Crippen molar-refractivity contribution in [1.82, 2.24) is 14.8 Å². The molecular formula is C12H13N3O2. The van der Waals surface area contributed by atoms with Crippen molar-refractivity contribution in [1.29, 1.82) is 0 Å². The van der Waals surface area contributed by atoms with E-state index in [4.69, 9.17) is 0 Å². The number of carboxylic acid groups (broad SMARTS) is 1. The lowest BCUT2D eigenvalue weighted by Gasteiger charge is -2.11. The summed E-state index contributed by atoms with van der Waals surface area (Å²) in [6.45, 7) is 0. The summed E-state index contributed by atoms with van der Waals surface area (Å²) in [5, 5.41) is 13.2. The van der Waals surface area contributed by atoms with E-state index in [-0.39, 0.29) is 0 Å². The van der Waals surface area contributed by atoms with Gasteiger partial charge in [0.15, 0.2) is 0 Å². The third-order valence-corrected chi connectivity index (χ3v) is 2.69. The third kappa shape index (κ3) is 2.50. The fourth-order valence-electron chi connectivity index (χ4n) is 1.72. The van der Waals surface area contributed by atoms with Gasteiger partial charge in [0.1, 0.15) is 12.2 Å². The van der Waals surface area contributed by atoms with Crippen molar-refractivity contribution in [2.45, 2.75) is 12.3 Å². The van der Waals surface area contributed by atoms with E-state index in [9.17, 15) is 9.90 Å². The minimum atomic E-state index is -0.848. The van der Waals surface area contributed by atoms with Crippen LogP contribution in [0.5, 0.6) is 0 Å². The molecule has 2 rings (SSSR count). The fourth-order valence-corrected chi connectivity index (χ4v) is 1.72. The molecule has 88 valence electrons. The van der Waals surface area contributed by atoms with Gasteiger partial charge in [0.2, 0.25) is 0 Å². The molecule has 0 radical (unpaired) electrons. The Morgan fingerprint density at radius 1 is 1.41 bits per heavy atom. The van der Waals surface area contributed by atoms with Gasteiger partial charge in [0.05, 0.1) is 5.92 Å². The van der Waals surface area contributed by atoms with Crippen LogP contribution in [0.4, 0.5) is 0 Å². The van der Waals surface area contributed by atoms with E-state index < -0.39 is 11.9 Å². The first kappa shape index (κ1) is 11.3. The molecule has 0 aliphatic rings. The Labute approximate surface area is 98.7 Å². The zero-order chi connectivity index (χ0) is 12.3. The lowest BCUT2D eigenvalue weighted by atomic mass is 9.95. The molecule has 1 unspecified atom stereocenters. The Bertz CT molecular complexity index is 507. The molecule has 0 saturated carbocycles. The predicted molar refractivity (Wildman–Crippen MR) is 61.5 cm³/mol. The van der Waals surface area contributed by atoms with Gasteiger partial charge >= 0.3 is 5.97 Å². The number of nitrogens with zero attached hydrogens (tertiary/aromatic N) is 3. The Balaban J connectivity index is 2.26. The number of aryl methyl sites for hydroxylation is 1. The molecule has 1 atom stereocenters. The zero-order valence-corrected chi connectivity index (χ0v) is 9.45. The predicted octanol–water partition coefficient (Wildman–Crippen LogP) is 1.23. The molecule has 0 aliphatic carbocycles. The number of aliphatic carboxylic acids is 1. The summed E-state index contributed by atoms with van der Waals surface area (Å²) in [5.74, 6) is -0.764. The Kier molecular flexibility index (Phi) is 3.18. The van der Waals surface area contributed by atoms with Crippen molar-refractivity contribution in [3.05, 3.63) is 48.0 Å². The van der Waals surface area contributed by atoms with Crippen LogP contribution in [0.15, 0.2) is 36.7 Å². The second kappa shape index (κ2) is 4.78. The first-order valence-corrected chi connectivity index (χ1v) is 5.29. The van der Waals surface area contributed by atoms with Gasteiger partial charge in [0, 0.05) is 13.5 Å². The molecule has 1 N–H and O–H groups in total. The van der Waals surface area contributed by atoms with Crippen LogP contribution in [0, 0.1) is 0 Å². The summed E-state index contributed by atoms with van der Waals surface area (Å²) < 4.78 is 1.60.